The highest BCUT2D eigenvalue weighted by Crippen LogP contribution is 2.30. The van der Waals surface area contributed by atoms with Crippen LogP contribution in [0.3, 0.4) is 0 Å². The second kappa shape index (κ2) is 14.0. The van der Waals surface area contributed by atoms with Crippen molar-refractivity contribution in [3.8, 4) is 17.0 Å². The highest BCUT2D eigenvalue weighted by atomic mass is 127. The SMILES string of the molecule is O=C(N/N=C\c1cc(I)c(OCc2ccc(Cl)cc2)c(I)c1)c1ccc(-c2csc(Nc3ccc(Cl)cc3)n2)cc1. The Morgan fingerprint density at radius 3 is 2.22 bits per heavy atom. The zero-order valence-electron chi connectivity index (χ0n) is 21.1. The molecule has 0 aliphatic heterocycles. The van der Waals surface area contributed by atoms with Crippen LogP contribution < -0.4 is 15.5 Å². The lowest BCUT2D eigenvalue weighted by Gasteiger charge is -2.11. The van der Waals surface area contributed by atoms with Crippen molar-refractivity contribution in [1.82, 2.24) is 10.4 Å². The number of carbonyl (C=O) groups is 1. The predicted octanol–water partition coefficient (Wildman–Crippen LogP) is 9.41. The molecule has 0 spiro atoms. The quantitative estimate of drug-likeness (QED) is 0.0883. The Morgan fingerprint density at radius 2 is 1.56 bits per heavy atom. The third-order valence-electron chi connectivity index (χ3n) is 5.74. The number of rotatable bonds is 9. The van der Waals surface area contributed by atoms with Crippen molar-refractivity contribution in [1.29, 1.82) is 0 Å². The van der Waals surface area contributed by atoms with E-state index >= 15 is 0 Å². The number of thiazole rings is 1. The Kier molecular flexibility index (Phi) is 10.1. The van der Waals surface area contributed by atoms with Crippen LogP contribution in [0.5, 0.6) is 5.75 Å². The van der Waals surface area contributed by atoms with Gasteiger partial charge in [0.2, 0.25) is 0 Å². The molecule has 0 aliphatic carbocycles. The summed E-state index contributed by atoms with van der Waals surface area (Å²) in [6, 6.07) is 26.2. The minimum Gasteiger partial charge on any atom is -0.487 e. The third kappa shape index (κ3) is 8.19. The van der Waals surface area contributed by atoms with Crippen LogP contribution in [0.15, 0.2) is 95.4 Å². The fourth-order valence-corrected chi connectivity index (χ4v) is 6.79. The van der Waals surface area contributed by atoms with Crippen molar-refractivity contribution in [2.24, 2.45) is 5.10 Å². The molecule has 4 aromatic carbocycles. The van der Waals surface area contributed by atoms with Gasteiger partial charge in [-0.2, -0.15) is 5.10 Å². The van der Waals surface area contributed by atoms with Gasteiger partial charge < -0.3 is 10.1 Å². The van der Waals surface area contributed by atoms with Gasteiger partial charge in [-0.05, 0) is 117 Å². The molecule has 5 rings (SSSR count). The number of hydrogen-bond acceptors (Lipinski definition) is 6. The maximum absolute atomic E-state index is 12.7. The fourth-order valence-electron chi connectivity index (χ4n) is 3.67. The van der Waals surface area contributed by atoms with Gasteiger partial charge in [-0.1, -0.05) is 47.5 Å². The summed E-state index contributed by atoms with van der Waals surface area (Å²) < 4.78 is 7.93. The summed E-state index contributed by atoms with van der Waals surface area (Å²) in [5.41, 5.74) is 7.61. The Balaban J connectivity index is 1.16. The van der Waals surface area contributed by atoms with Gasteiger partial charge in [0.05, 0.1) is 19.0 Å². The normalized spacial score (nSPS) is 11.0. The zero-order valence-corrected chi connectivity index (χ0v) is 27.7. The number of halogens is 4. The van der Waals surface area contributed by atoms with Crippen LogP contribution in [-0.2, 0) is 6.61 Å². The number of anilines is 2. The van der Waals surface area contributed by atoms with Crippen molar-refractivity contribution in [3.05, 3.63) is 124 Å². The lowest BCUT2D eigenvalue weighted by molar-refractivity contribution is 0.0955. The molecule has 6 nitrogen and oxygen atoms in total. The monoisotopic (exact) mass is 824 g/mol. The average Bonchev–Trinajstić information content (AvgIpc) is 3.43. The van der Waals surface area contributed by atoms with Gasteiger partial charge >= 0.3 is 0 Å². The minimum atomic E-state index is -0.302. The molecule has 206 valence electrons. The number of amides is 1. The minimum absolute atomic E-state index is 0.302. The second-order valence-electron chi connectivity index (χ2n) is 8.68. The molecule has 0 atom stereocenters. The van der Waals surface area contributed by atoms with E-state index in [0.717, 1.165) is 46.1 Å². The van der Waals surface area contributed by atoms with E-state index in [1.54, 1.807) is 18.3 Å². The van der Waals surface area contributed by atoms with Crippen molar-refractivity contribution in [2.45, 2.75) is 6.61 Å². The van der Waals surface area contributed by atoms with Gasteiger partial charge in [0.1, 0.15) is 12.4 Å². The van der Waals surface area contributed by atoms with Gasteiger partial charge in [0.25, 0.3) is 5.91 Å². The first-order chi connectivity index (χ1) is 19.8. The fraction of sp³-hybridized carbons (Fsp3) is 0.0333. The van der Waals surface area contributed by atoms with Gasteiger partial charge in [-0.15, -0.1) is 11.3 Å². The number of nitrogens with one attached hydrogen (secondary N) is 2. The molecule has 2 N–H and O–H groups in total. The average molecular weight is 825 g/mol. The number of carbonyl (C=O) groups excluding carboxylic acids is 1. The topological polar surface area (TPSA) is 75.6 Å². The number of benzene rings is 4. The van der Waals surface area contributed by atoms with E-state index in [9.17, 15) is 4.79 Å². The van der Waals surface area contributed by atoms with Crippen LogP contribution >= 0.6 is 79.7 Å². The van der Waals surface area contributed by atoms with Crippen LogP contribution in [0.2, 0.25) is 10.0 Å². The van der Waals surface area contributed by atoms with E-state index in [1.165, 1.54) is 11.3 Å². The Morgan fingerprint density at radius 1 is 0.927 bits per heavy atom. The first kappa shape index (κ1) is 29.8. The van der Waals surface area contributed by atoms with Crippen molar-refractivity contribution in [2.75, 3.05) is 5.32 Å². The molecule has 1 amide bonds. The number of hydrogen-bond donors (Lipinski definition) is 2. The Hall–Kier alpha value is -2.71. The lowest BCUT2D eigenvalue weighted by Crippen LogP contribution is -2.17. The number of aromatic nitrogens is 1. The van der Waals surface area contributed by atoms with Crippen LogP contribution in [-0.4, -0.2) is 17.1 Å². The van der Waals surface area contributed by atoms with Gasteiger partial charge in [-0.25, -0.2) is 10.4 Å². The highest BCUT2D eigenvalue weighted by molar-refractivity contribution is 14.1. The van der Waals surface area contributed by atoms with E-state index < -0.39 is 0 Å². The molecule has 0 saturated carbocycles. The molecule has 0 saturated heterocycles. The summed E-state index contributed by atoms with van der Waals surface area (Å²) in [7, 11) is 0. The van der Waals surface area contributed by atoms with Crippen LogP contribution in [0.4, 0.5) is 10.8 Å². The van der Waals surface area contributed by atoms with Crippen LogP contribution in [0, 0.1) is 7.14 Å². The van der Waals surface area contributed by atoms with E-state index in [4.69, 9.17) is 27.9 Å². The summed E-state index contributed by atoms with van der Waals surface area (Å²) in [6.07, 6.45) is 1.62. The van der Waals surface area contributed by atoms with Crippen LogP contribution in [0.1, 0.15) is 21.5 Å². The molecular weight excluding hydrogens is 805 g/mol. The van der Waals surface area contributed by atoms with Gasteiger partial charge in [0.15, 0.2) is 5.13 Å². The molecule has 11 heteroatoms. The Labute approximate surface area is 278 Å². The van der Waals surface area contributed by atoms with Crippen molar-refractivity contribution < 1.29 is 9.53 Å². The molecule has 41 heavy (non-hydrogen) atoms. The van der Waals surface area contributed by atoms with E-state index in [0.29, 0.717) is 22.2 Å². The van der Waals surface area contributed by atoms with E-state index in [-0.39, 0.29) is 5.91 Å². The summed E-state index contributed by atoms with van der Waals surface area (Å²) in [5.74, 6) is 0.499. The smallest absolute Gasteiger partial charge is 0.271 e. The number of hydrazone groups is 1. The lowest BCUT2D eigenvalue weighted by atomic mass is 10.1. The first-order valence-electron chi connectivity index (χ1n) is 12.1. The molecule has 1 heterocycles. The summed E-state index contributed by atoms with van der Waals surface area (Å²) >= 11 is 17.9. The zero-order chi connectivity index (χ0) is 28.8. The molecule has 5 aromatic rings. The number of ether oxygens (including phenoxy) is 1. The van der Waals surface area contributed by atoms with Crippen molar-refractivity contribution in [3.63, 3.8) is 0 Å². The summed E-state index contributed by atoms with van der Waals surface area (Å²) in [4.78, 5) is 17.3. The van der Waals surface area contributed by atoms with Gasteiger partial charge in [-0.3, -0.25) is 4.79 Å². The maximum atomic E-state index is 12.7. The molecular formula is C30H20Cl2I2N4O2S. The molecule has 0 radical (unpaired) electrons. The summed E-state index contributed by atoms with van der Waals surface area (Å²) in [6.45, 7) is 0.440. The first-order valence-corrected chi connectivity index (χ1v) is 15.9. The second-order valence-corrected chi connectivity index (χ2v) is 12.7. The molecule has 0 fully saturated rings. The van der Waals surface area contributed by atoms with E-state index in [1.807, 2.05) is 78.2 Å². The standard InChI is InChI=1S/C30H20Cl2I2N4O2S/c31-22-7-1-18(2-8-22)16-40-28-25(33)13-19(14-26(28)34)15-35-38-29(39)21-5-3-20(4-6-21)27-17-41-30(37-27)36-24-11-9-23(32)10-12-24/h1-15,17H,16H2,(H,36,37)(H,38,39)/b35-15-. The summed E-state index contributed by atoms with van der Waals surface area (Å²) in [5, 5.41) is 11.5. The molecule has 1 aromatic heterocycles. The molecule has 0 unspecified atom stereocenters. The largest absolute Gasteiger partial charge is 0.487 e. The van der Waals surface area contributed by atoms with Gasteiger partial charge in [0, 0.05) is 32.2 Å². The highest BCUT2D eigenvalue weighted by Gasteiger charge is 2.11. The molecule has 0 bridgehead atoms. The number of nitrogens with zero attached hydrogens (tertiary/aromatic N) is 2. The Bertz CT molecular complexity index is 1670. The maximum Gasteiger partial charge on any atom is 0.271 e. The van der Waals surface area contributed by atoms with Crippen LogP contribution in [0.25, 0.3) is 11.3 Å². The molecule has 0 aliphatic rings. The van der Waals surface area contributed by atoms with Crippen molar-refractivity contribution >= 4 is 103 Å². The predicted molar refractivity (Wildman–Crippen MR) is 185 cm³/mol. The van der Waals surface area contributed by atoms with E-state index in [2.05, 4.69) is 66.0 Å². The third-order valence-corrected chi connectivity index (χ3v) is 8.60.